The molecule has 0 saturated carbocycles. The first-order valence-electron chi connectivity index (χ1n) is 8.82. The maximum atomic E-state index is 12.3. The average molecular weight is 335 g/mol. The molecule has 1 fully saturated rings. The first kappa shape index (κ1) is 16.0. The van der Waals surface area contributed by atoms with E-state index in [0.717, 1.165) is 37.4 Å². The van der Waals surface area contributed by atoms with Gasteiger partial charge in [0.15, 0.2) is 5.78 Å². The number of Topliss-reactive ketones (excluding diaryl/α,β-unsaturated/α-hetero) is 1. The summed E-state index contributed by atoms with van der Waals surface area (Å²) in [5.74, 6) is 1.29. The topological polar surface area (TPSA) is 52.3 Å². The average Bonchev–Trinajstić information content (AvgIpc) is 3.31. The van der Waals surface area contributed by atoms with Crippen molar-refractivity contribution in [1.82, 2.24) is 5.16 Å². The highest BCUT2D eigenvalue weighted by Gasteiger charge is 2.19. The van der Waals surface area contributed by atoms with E-state index in [1.54, 1.807) is 6.07 Å². The molecule has 0 N–H and O–H groups in total. The number of carbonyl (C=O) groups is 1. The highest BCUT2D eigenvalue weighted by atomic mass is 16.5. The Hall–Kier alpha value is -2.46. The summed E-state index contributed by atoms with van der Waals surface area (Å²) in [5, 5.41) is 6.39. The van der Waals surface area contributed by atoms with Crippen LogP contribution in [0.2, 0.25) is 0 Å². The fourth-order valence-electron chi connectivity index (χ4n) is 3.35. The number of benzene rings is 2. The number of ether oxygens (including phenoxy) is 1. The predicted molar refractivity (Wildman–Crippen MR) is 95.7 cm³/mol. The summed E-state index contributed by atoms with van der Waals surface area (Å²) in [5.41, 5.74) is 1.59. The van der Waals surface area contributed by atoms with Crippen LogP contribution < -0.4 is 0 Å². The maximum Gasteiger partial charge on any atom is 0.184 e. The quantitative estimate of drug-likeness (QED) is 0.626. The summed E-state index contributed by atoms with van der Waals surface area (Å²) in [6.07, 6.45) is 3.07. The predicted octanol–water partition coefficient (Wildman–Crippen LogP) is 4.42. The van der Waals surface area contributed by atoms with Gasteiger partial charge in [-0.15, -0.1) is 0 Å². The molecule has 1 unspecified atom stereocenters. The Balaban J connectivity index is 1.40. The molecular formula is C21H21NO3. The smallest absolute Gasteiger partial charge is 0.184 e. The van der Waals surface area contributed by atoms with Crippen LogP contribution in [-0.2, 0) is 11.2 Å². The molecule has 1 atom stereocenters. The molecule has 0 spiro atoms. The lowest BCUT2D eigenvalue weighted by atomic mass is 10.00. The Morgan fingerprint density at radius 2 is 2.00 bits per heavy atom. The number of fused-ring (bicyclic) bond motifs is 1. The Kier molecular flexibility index (Phi) is 4.61. The highest BCUT2D eigenvalue weighted by molar-refractivity contribution is 5.94. The molecule has 2 heterocycles. The molecule has 25 heavy (non-hydrogen) atoms. The van der Waals surface area contributed by atoms with Crippen LogP contribution in [0.25, 0.3) is 10.8 Å². The van der Waals surface area contributed by atoms with Gasteiger partial charge in [0.25, 0.3) is 0 Å². The third-order valence-electron chi connectivity index (χ3n) is 4.84. The van der Waals surface area contributed by atoms with Crippen molar-refractivity contribution in [3.8, 4) is 0 Å². The summed E-state index contributed by atoms with van der Waals surface area (Å²) in [6, 6.07) is 16.4. The van der Waals surface area contributed by atoms with Crippen LogP contribution in [-0.4, -0.2) is 24.2 Å². The van der Waals surface area contributed by atoms with Crippen molar-refractivity contribution in [3.63, 3.8) is 0 Å². The fourth-order valence-corrected chi connectivity index (χ4v) is 3.35. The maximum absolute atomic E-state index is 12.3. The number of hydrogen-bond acceptors (Lipinski definition) is 4. The van der Waals surface area contributed by atoms with Crippen LogP contribution in [0.1, 0.15) is 41.1 Å². The van der Waals surface area contributed by atoms with Gasteiger partial charge in [-0.25, -0.2) is 0 Å². The lowest BCUT2D eigenvalue weighted by molar-refractivity contribution is 0.0962. The Morgan fingerprint density at radius 1 is 1.12 bits per heavy atom. The van der Waals surface area contributed by atoms with Crippen LogP contribution in [0.5, 0.6) is 0 Å². The molecule has 4 heteroatoms. The molecule has 4 nitrogen and oxygen atoms in total. The number of rotatable bonds is 6. The van der Waals surface area contributed by atoms with Crippen LogP contribution in [0.4, 0.5) is 0 Å². The van der Waals surface area contributed by atoms with Crippen molar-refractivity contribution in [1.29, 1.82) is 0 Å². The van der Waals surface area contributed by atoms with E-state index >= 15 is 0 Å². The summed E-state index contributed by atoms with van der Waals surface area (Å²) in [6.45, 7) is 1.60. The second-order valence-corrected chi connectivity index (χ2v) is 6.73. The lowest BCUT2D eigenvalue weighted by Crippen LogP contribution is -2.05. The minimum Gasteiger partial charge on any atom is -0.381 e. The van der Waals surface area contributed by atoms with Gasteiger partial charge in [-0.2, -0.15) is 0 Å². The van der Waals surface area contributed by atoms with E-state index in [4.69, 9.17) is 9.26 Å². The van der Waals surface area contributed by atoms with Gasteiger partial charge in [0.05, 0.1) is 0 Å². The van der Waals surface area contributed by atoms with Crippen molar-refractivity contribution in [3.05, 3.63) is 65.5 Å². The van der Waals surface area contributed by atoms with Gasteiger partial charge in [-0.3, -0.25) is 4.79 Å². The van der Waals surface area contributed by atoms with Crippen molar-refractivity contribution in [2.24, 2.45) is 5.92 Å². The van der Waals surface area contributed by atoms with E-state index in [2.05, 4.69) is 35.5 Å². The molecule has 0 bridgehead atoms. The number of ketones is 1. The SMILES string of the molecule is O=C(CCC1CCOC1)c1cc(Cc2ccc3ccccc3c2)on1. The monoisotopic (exact) mass is 335 g/mol. The lowest BCUT2D eigenvalue weighted by Gasteiger charge is -2.04. The largest absolute Gasteiger partial charge is 0.381 e. The number of aromatic nitrogens is 1. The molecule has 4 rings (SSSR count). The molecule has 1 aromatic heterocycles. The van der Waals surface area contributed by atoms with Crippen LogP contribution in [0.3, 0.4) is 0 Å². The van der Waals surface area contributed by atoms with Gasteiger partial charge >= 0.3 is 0 Å². The number of hydrogen-bond donors (Lipinski definition) is 0. The van der Waals surface area contributed by atoms with E-state index < -0.39 is 0 Å². The van der Waals surface area contributed by atoms with Gasteiger partial charge in [-0.1, -0.05) is 47.6 Å². The van der Waals surface area contributed by atoms with E-state index in [1.165, 1.54) is 10.8 Å². The highest BCUT2D eigenvalue weighted by Crippen LogP contribution is 2.21. The van der Waals surface area contributed by atoms with Gasteiger partial charge < -0.3 is 9.26 Å². The third-order valence-corrected chi connectivity index (χ3v) is 4.84. The molecule has 128 valence electrons. The minimum absolute atomic E-state index is 0.0559. The summed E-state index contributed by atoms with van der Waals surface area (Å²) in [7, 11) is 0. The van der Waals surface area contributed by atoms with E-state index in [-0.39, 0.29) is 5.78 Å². The first-order valence-corrected chi connectivity index (χ1v) is 8.82. The summed E-state index contributed by atoms with van der Waals surface area (Å²) < 4.78 is 10.7. The standard InChI is InChI=1S/C21H21NO3/c23-21(8-6-15-9-10-24-14-15)20-13-19(25-22-20)12-16-5-7-17-3-1-2-4-18(17)11-16/h1-5,7,11,13,15H,6,8-10,12,14H2. The molecule has 1 aliphatic heterocycles. The van der Waals surface area contributed by atoms with Gasteiger partial charge in [0, 0.05) is 32.1 Å². The third kappa shape index (κ3) is 3.80. The molecular weight excluding hydrogens is 314 g/mol. The van der Waals surface area contributed by atoms with Gasteiger partial charge in [0.2, 0.25) is 0 Å². The van der Waals surface area contributed by atoms with E-state index in [9.17, 15) is 4.79 Å². The summed E-state index contributed by atoms with van der Waals surface area (Å²) >= 11 is 0. The Bertz CT molecular complexity index is 877. The molecule has 0 amide bonds. The van der Waals surface area contributed by atoms with E-state index in [0.29, 0.717) is 24.5 Å². The zero-order valence-corrected chi connectivity index (χ0v) is 14.1. The Labute approximate surface area is 146 Å². The van der Waals surface area contributed by atoms with Gasteiger partial charge in [-0.05, 0) is 35.1 Å². The van der Waals surface area contributed by atoms with Crippen LogP contribution in [0.15, 0.2) is 53.1 Å². The van der Waals surface area contributed by atoms with Crippen molar-refractivity contribution in [2.45, 2.75) is 25.7 Å². The number of nitrogens with zero attached hydrogens (tertiary/aromatic N) is 1. The number of carbonyl (C=O) groups excluding carboxylic acids is 1. The molecule has 1 aliphatic rings. The van der Waals surface area contributed by atoms with E-state index in [1.807, 2.05) is 12.1 Å². The van der Waals surface area contributed by atoms with Gasteiger partial charge in [0.1, 0.15) is 11.5 Å². The van der Waals surface area contributed by atoms with Crippen LogP contribution >= 0.6 is 0 Å². The minimum atomic E-state index is 0.0559. The second-order valence-electron chi connectivity index (χ2n) is 6.73. The molecule has 0 radical (unpaired) electrons. The molecule has 3 aromatic rings. The normalized spacial score (nSPS) is 17.2. The van der Waals surface area contributed by atoms with Crippen molar-refractivity contribution in [2.75, 3.05) is 13.2 Å². The molecule has 2 aromatic carbocycles. The summed E-state index contributed by atoms with van der Waals surface area (Å²) in [4.78, 5) is 12.3. The fraction of sp³-hybridized carbons (Fsp3) is 0.333. The Morgan fingerprint density at radius 3 is 2.84 bits per heavy atom. The zero-order chi connectivity index (χ0) is 17.1. The van der Waals surface area contributed by atoms with Crippen LogP contribution in [0, 0.1) is 5.92 Å². The second kappa shape index (κ2) is 7.19. The zero-order valence-electron chi connectivity index (χ0n) is 14.1. The first-order chi connectivity index (χ1) is 12.3. The van der Waals surface area contributed by atoms with Crippen molar-refractivity contribution < 1.29 is 14.1 Å². The van der Waals surface area contributed by atoms with Crippen molar-refractivity contribution >= 4 is 16.6 Å². The molecule has 1 saturated heterocycles. The molecule has 0 aliphatic carbocycles.